The van der Waals surface area contributed by atoms with Gasteiger partial charge in [-0.25, -0.2) is 0 Å². The van der Waals surface area contributed by atoms with Crippen molar-refractivity contribution in [2.45, 2.75) is 37.0 Å². The second-order valence-electron chi connectivity index (χ2n) is 3.53. The van der Waals surface area contributed by atoms with Gasteiger partial charge in [0.05, 0.1) is 4.90 Å². The minimum atomic E-state index is -2.91. The molecule has 0 aromatic heterocycles. The van der Waals surface area contributed by atoms with E-state index in [0.29, 0.717) is 0 Å². The van der Waals surface area contributed by atoms with Gasteiger partial charge < -0.3 is 9.05 Å². The Morgan fingerprint density at radius 3 is 2.00 bits per heavy atom. The predicted molar refractivity (Wildman–Crippen MR) is 57.2 cm³/mol. The zero-order valence-corrected chi connectivity index (χ0v) is 10.3. The Morgan fingerprint density at radius 2 is 1.62 bits per heavy atom. The molecule has 1 saturated carbocycles. The molecular formula is C8H18O3P2. The van der Waals surface area contributed by atoms with Crippen molar-refractivity contribution in [3.63, 3.8) is 0 Å². The van der Waals surface area contributed by atoms with Crippen molar-refractivity contribution < 1.29 is 13.6 Å². The molecule has 0 saturated heterocycles. The standard InChI is InChI=1S/C8H18O3P2/c1-10-13(9,11-2)8(12)6-4-3-5-7-8/h3-7,12H2,1-2H3. The fourth-order valence-corrected chi connectivity index (χ4v) is 4.66. The molecule has 0 aromatic rings. The van der Waals surface area contributed by atoms with Crippen LogP contribution in [0.15, 0.2) is 0 Å². The van der Waals surface area contributed by atoms with E-state index in [2.05, 4.69) is 9.24 Å². The maximum Gasteiger partial charge on any atom is 0.339 e. The molecule has 1 fully saturated rings. The summed E-state index contributed by atoms with van der Waals surface area (Å²) in [6, 6.07) is 0. The van der Waals surface area contributed by atoms with E-state index in [4.69, 9.17) is 9.05 Å². The van der Waals surface area contributed by atoms with Crippen LogP contribution < -0.4 is 0 Å². The molecule has 1 unspecified atom stereocenters. The van der Waals surface area contributed by atoms with Crippen LogP contribution in [0.4, 0.5) is 0 Å². The summed E-state index contributed by atoms with van der Waals surface area (Å²) in [5.41, 5.74) is 0. The molecule has 1 aliphatic rings. The Labute approximate surface area is 82.3 Å². The zero-order chi connectivity index (χ0) is 9.95. The van der Waals surface area contributed by atoms with E-state index < -0.39 is 7.60 Å². The van der Waals surface area contributed by atoms with E-state index in [9.17, 15) is 4.57 Å². The quantitative estimate of drug-likeness (QED) is 0.691. The van der Waals surface area contributed by atoms with Crippen molar-refractivity contribution >= 4 is 16.8 Å². The van der Waals surface area contributed by atoms with Crippen molar-refractivity contribution in [3.8, 4) is 0 Å². The van der Waals surface area contributed by atoms with Crippen LogP contribution in [0.3, 0.4) is 0 Å². The Balaban J connectivity index is 2.81. The van der Waals surface area contributed by atoms with Gasteiger partial charge in [-0.3, -0.25) is 4.57 Å². The highest BCUT2D eigenvalue weighted by Crippen LogP contribution is 2.67. The molecule has 5 heteroatoms. The summed E-state index contributed by atoms with van der Waals surface area (Å²) in [5, 5.41) is 0. The van der Waals surface area contributed by atoms with Gasteiger partial charge in [-0.1, -0.05) is 19.3 Å². The minimum Gasteiger partial charge on any atom is -0.311 e. The van der Waals surface area contributed by atoms with E-state index >= 15 is 0 Å². The molecule has 0 amide bonds. The lowest BCUT2D eigenvalue weighted by Gasteiger charge is -2.37. The van der Waals surface area contributed by atoms with E-state index in [1.54, 1.807) is 0 Å². The van der Waals surface area contributed by atoms with Gasteiger partial charge in [0, 0.05) is 14.2 Å². The van der Waals surface area contributed by atoms with Crippen LogP contribution in [-0.2, 0) is 13.6 Å². The first kappa shape index (κ1) is 11.7. The summed E-state index contributed by atoms with van der Waals surface area (Å²) in [4.78, 5) is -0.339. The molecule has 13 heavy (non-hydrogen) atoms. The van der Waals surface area contributed by atoms with Crippen LogP contribution in [0, 0.1) is 0 Å². The summed E-state index contributed by atoms with van der Waals surface area (Å²) < 4.78 is 22.2. The lowest BCUT2D eigenvalue weighted by atomic mass is 10.00. The van der Waals surface area contributed by atoms with E-state index in [-0.39, 0.29) is 4.90 Å². The molecule has 0 spiro atoms. The van der Waals surface area contributed by atoms with Gasteiger partial charge in [0.1, 0.15) is 0 Å². The third-order valence-corrected chi connectivity index (χ3v) is 6.77. The highest BCUT2D eigenvalue weighted by molar-refractivity contribution is 7.63. The van der Waals surface area contributed by atoms with E-state index in [1.165, 1.54) is 20.6 Å². The first-order valence-electron chi connectivity index (χ1n) is 4.58. The van der Waals surface area contributed by atoms with Gasteiger partial charge in [0.15, 0.2) is 0 Å². The smallest absolute Gasteiger partial charge is 0.311 e. The average Bonchev–Trinajstić information content (AvgIpc) is 2.17. The van der Waals surface area contributed by atoms with Crippen LogP contribution in [0.1, 0.15) is 32.1 Å². The molecule has 0 bridgehead atoms. The van der Waals surface area contributed by atoms with Gasteiger partial charge >= 0.3 is 7.60 Å². The second-order valence-corrected chi connectivity index (χ2v) is 7.73. The number of rotatable bonds is 3. The molecule has 0 aromatic carbocycles. The monoisotopic (exact) mass is 224 g/mol. The number of hydrogen-bond acceptors (Lipinski definition) is 3. The summed E-state index contributed by atoms with van der Waals surface area (Å²) >= 11 is 0. The summed E-state index contributed by atoms with van der Waals surface area (Å²) in [5.74, 6) is 0. The summed E-state index contributed by atoms with van der Waals surface area (Å²) in [7, 11) is 2.71. The maximum absolute atomic E-state index is 12.2. The summed E-state index contributed by atoms with van der Waals surface area (Å²) in [6.45, 7) is 0. The topological polar surface area (TPSA) is 35.5 Å². The first-order valence-corrected chi connectivity index (χ1v) is 6.70. The van der Waals surface area contributed by atoms with E-state index in [1.807, 2.05) is 0 Å². The molecule has 0 N–H and O–H groups in total. The molecule has 3 nitrogen and oxygen atoms in total. The fourth-order valence-electron chi connectivity index (χ4n) is 1.88. The van der Waals surface area contributed by atoms with Crippen LogP contribution in [0.25, 0.3) is 0 Å². The van der Waals surface area contributed by atoms with Crippen molar-refractivity contribution in [2.75, 3.05) is 14.2 Å². The molecule has 1 rings (SSSR count). The zero-order valence-electron chi connectivity index (χ0n) is 8.28. The van der Waals surface area contributed by atoms with Crippen LogP contribution >= 0.6 is 16.8 Å². The Morgan fingerprint density at radius 1 is 1.15 bits per heavy atom. The largest absolute Gasteiger partial charge is 0.339 e. The molecule has 0 radical (unpaired) electrons. The average molecular weight is 224 g/mol. The Kier molecular flexibility index (Phi) is 3.94. The van der Waals surface area contributed by atoms with Crippen LogP contribution in [0.5, 0.6) is 0 Å². The van der Waals surface area contributed by atoms with Gasteiger partial charge in [0.2, 0.25) is 0 Å². The van der Waals surface area contributed by atoms with Gasteiger partial charge in [-0.2, -0.15) is 0 Å². The highest BCUT2D eigenvalue weighted by atomic mass is 31.2. The van der Waals surface area contributed by atoms with E-state index in [0.717, 1.165) is 25.7 Å². The van der Waals surface area contributed by atoms with Crippen molar-refractivity contribution in [3.05, 3.63) is 0 Å². The number of hydrogen-bond donors (Lipinski definition) is 0. The summed E-state index contributed by atoms with van der Waals surface area (Å²) in [6.07, 6.45) is 5.28. The normalized spacial score (nSPS) is 23.0. The third kappa shape index (κ3) is 2.15. The van der Waals surface area contributed by atoms with Gasteiger partial charge in [0.25, 0.3) is 0 Å². The van der Waals surface area contributed by atoms with Crippen LogP contribution in [-0.4, -0.2) is 19.1 Å². The van der Waals surface area contributed by atoms with Crippen molar-refractivity contribution in [1.82, 2.24) is 0 Å². The first-order chi connectivity index (χ1) is 6.08. The van der Waals surface area contributed by atoms with Gasteiger partial charge in [-0.15, -0.1) is 9.24 Å². The molecule has 0 aliphatic heterocycles. The molecule has 0 heterocycles. The minimum absolute atomic E-state index is 0.339. The van der Waals surface area contributed by atoms with Gasteiger partial charge in [-0.05, 0) is 12.8 Å². The fraction of sp³-hybridized carbons (Fsp3) is 1.00. The van der Waals surface area contributed by atoms with Crippen LogP contribution in [0.2, 0.25) is 0 Å². The highest BCUT2D eigenvalue weighted by Gasteiger charge is 2.46. The SMILES string of the molecule is COP(=O)(OC)C1(P)CCCCC1. The Bertz CT molecular complexity index is 203. The Hall–Kier alpha value is 0.580. The molecular weight excluding hydrogens is 206 g/mol. The third-order valence-electron chi connectivity index (χ3n) is 2.75. The lowest BCUT2D eigenvalue weighted by molar-refractivity contribution is 0.248. The second kappa shape index (κ2) is 4.40. The van der Waals surface area contributed by atoms with Crippen molar-refractivity contribution in [2.24, 2.45) is 0 Å². The molecule has 1 aliphatic carbocycles. The predicted octanol–water partition coefficient (Wildman–Crippen LogP) is 3.01. The molecule has 78 valence electrons. The maximum atomic E-state index is 12.2. The lowest BCUT2D eigenvalue weighted by Crippen LogP contribution is -2.25. The molecule has 1 atom stereocenters. The van der Waals surface area contributed by atoms with Crippen molar-refractivity contribution in [1.29, 1.82) is 0 Å².